The highest BCUT2D eigenvalue weighted by molar-refractivity contribution is 6.30. The lowest BCUT2D eigenvalue weighted by atomic mass is 9.93. The molecule has 2 atom stereocenters. The number of hydrogen-bond acceptors (Lipinski definition) is 6. The van der Waals surface area contributed by atoms with Crippen LogP contribution in [0.25, 0.3) is 0 Å². The number of anilines is 2. The molecule has 4 aromatic rings. The summed E-state index contributed by atoms with van der Waals surface area (Å²) in [5, 5.41) is 0. The summed E-state index contributed by atoms with van der Waals surface area (Å²) in [6, 6.07) is 33.7. The highest BCUT2D eigenvalue weighted by atomic mass is 16.2. The minimum Gasteiger partial charge on any atom is -0.273 e. The van der Waals surface area contributed by atoms with E-state index in [0.29, 0.717) is 42.6 Å². The molecule has 0 radical (unpaired) electrons. The van der Waals surface area contributed by atoms with Gasteiger partial charge >= 0.3 is 12.1 Å². The zero-order valence-corrected chi connectivity index (χ0v) is 26.9. The topological polar surface area (TPSA) is 115 Å². The van der Waals surface area contributed by atoms with Crippen LogP contribution >= 0.6 is 0 Å². The van der Waals surface area contributed by atoms with Crippen molar-refractivity contribution >= 4 is 47.1 Å². The zero-order valence-electron chi connectivity index (χ0n) is 26.9. The van der Waals surface area contributed by atoms with Crippen molar-refractivity contribution in [1.82, 2.24) is 9.80 Å². The Morgan fingerprint density at radius 2 is 0.857 bits per heavy atom. The van der Waals surface area contributed by atoms with Gasteiger partial charge < -0.3 is 0 Å². The van der Waals surface area contributed by atoms with E-state index in [2.05, 4.69) is 0 Å². The standard InChI is InChI=1S/C39H36N4O6/c44-34-32(27-28-17-7-3-8-18-28)35(45)42(30-21-11-5-12-22-30)38(48)40(34)25-15-1-2-16-26-41-36(46)33(29-19-9-4-10-20-29)37(47)43(39(41)49)31-23-13-6-14-24-31/h3-14,17-24,32-33H,1-2,15-16,25-27H2. The molecule has 4 aromatic carbocycles. The SMILES string of the molecule is O=C1C(Cc2ccccc2)C(=O)N(c2ccccc2)C(=O)N1CCCCCCN1C(=O)C(c2ccccc2)C(=O)N(c2ccccc2)C1=O. The van der Waals surface area contributed by atoms with Crippen molar-refractivity contribution in [3.05, 3.63) is 132 Å². The molecular formula is C39H36N4O6. The molecule has 2 saturated heterocycles. The normalized spacial score (nSPS) is 18.4. The maximum atomic E-state index is 13.6. The van der Waals surface area contributed by atoms with Gasteiger partial charge in [-0.05, 0) is 54.7 Å². The molecule has 8 amide bonds. The molecule has 0 aromatic heterocycles. The van der Waals surface area contributed by atoms with Gasteiger partial charge in [-0.2, -0.15) is 0 Å². The first kappa shape index (κ1) is 33.0. The van der Waals surface area contributed by atoms with Crippen LogP contribution in [0, 0.1) is 5.92 Å². The van der Waals surface area contributed by atoms with Crippen LogP contribution < -0.4 is 9.80 Å². The first-order valence-electron chi connectivity index (χ1n) is 16.4. The molecule has 0 aliphatic carbocycles. The number of nitrogens with zero attached hydrogens (tertiary/aromatic N) is 4. The Labute approximate surface area is 284 Å². The third-order valence-corrected chi connectivity index (χ3v) is 8.87. The van der Waals surface area contributed by atoms with E-state index in [9.17, 15) is 28.8 Å². The highest BCUT2D eigenvalue weighted by Crippen LogP contribution is 2.31. The van der Waals surface area contributed by atoms with E-state index < -0.39 is 47.5 Å². The molecule has 2 unspecified atom stereocenters. The Morgan fingerprint density at radius 1 is 0.429 bits per heavy atom. The molecule has 49 heavy (non-hydrogen) atoms. The third-order valence-electron chi connectivity index (χ3n) is 8.87. The summed E-state index contributed by atoms with van der Waals surface area (Å²) >= 11 is 0. The van der Waals surface area contributed by atoms with E-state index in [-0.39, 0.29) is 19.5 Å². The van der Waals surface area contributed by atoms with Crippen LogP contribution in [-0.2, 0) is 25.6 Å². The van der Waals surface area contributed by atoms with E-state index in [1.807, 2.05) is 30.3 Å². The molecule has 0 bridgehead atoms. The van der Waals surface area contributed by atoms with Gasteiger partial charge in [-0.25, -0.2) is 19.4 Å². The fourth-order valence-corrected chi connectivity index (χ4v) is 6.35. The van der Waals surface area contributed by atoms with Crippen molar-refractivity contribution in [3.8, 4) is 0 Å². The van der Waals surface area contributed by atoms with E-state index in [1.165, 1.54) is 0 Å². The van der Waals surface area contributed by atoms with Crippen molar-refractivity contribution in [2.24, 2.45) is 5.92 Å². The summed E-state index contributed by atoms with van der Waals surface area (Å²) in [6.07, 6.45) is 2.30. The second-order valence-electron chi connectivity index (χ2n) is 12.1. The van der Waals surface area contributed by atoms with Gasteiger partial charge in [0.25, 0.3) is 5.91 Å². The van der Waals surface area contributed by atoms with Crippen molar-refractivity contribution in [2.75, 3.05) is 22.9 Å². The molecule has 0 saturated carbocycles. The fourth-order valence-electron chi connectivity index (χ4n) is 6.35. The molecule has 2 fully saturated rings. The lowest BCUT2D eigenvalue weighted by Crippen LogP contribution is -2.60. The van der Waals surface area contributed by atoms with Gasteiger partial charge in [-0.15, -0.1) is 0 Å². The van der Waals surface area contributed by atoms with Gasteiger partial charge in [-0.1, -0.05) is 110 Å². The lowest BCUT2D eigenvalue weighted by molar-refractivity contribution is -0.141. The van der Waals surface area contributed by atoms with Gasteiger partial charge in [0.1, 0.15) is 11.8 Å². The van der Waals surface area contributed by atoms with Crippen LogP contribution in [0.2, 0.25) is 0 Å². The molecule has 2 aliphatic rings. The predicted molar refractivity (Wildman–Crippen MR) is 183 cm³/mol. The number of imide groups is 4. The molecule has 10 nitrogen and oxygen atoms in total. The Morgan fingerprint density at radius 3 is 1.37 bits per heavy atom. The Balaban J connectivity index is 1.11. The van der Waals surface area contributed by atoms with Crippen molar-refractivity contribution in [3.63, 3.8) is 0 Å². The summed E-state index contributed by atoms with van der Waals surface area (Å²) < 4.78 is 0. The van der Waals surface area contributed by atoms with Gasteiger partial charge in [0.15, 0.2) is 0 Å². The summed E-state index contributed by atoms with van der Waals surface area (Å²) in [5.74, 6) is -4.40. The number of hydrogen-bond donors (Lipinski definition) is 0. The number of amides is 8. The minimum atomic E-state index is -1.14. The second-order valence-corrected chi connectivity index (χ2v) is 12.1. The monoisotopic (exact) mass is 656 g/mol. The number of carbonyl (C=O) groups is 6. The molecule has 0 spiro atoms. The molecular weight excluding hydrogens is 620 g/mol. The van der Waals surface area contributed by atoms with Gasteiger partial charge in [0.2, 0.25) is 17.7 Å². The van der Waals surface area contributed by atoms with Gasteiger partial charge in [0.05, 0.1) is 11.4 Å². The third kappa shape index (κ3) is 6.89. The summed E-state index contributed by atoms with van der Waals surface area (Å²) in [4.78, 5) is 85.8. The van der Waals surface area contributed by atoms with E-state index in [0.717, 1.165) is 25.2 Å². The fraction of sp³-hybridized carbons (Fsp3) is 0.231. The van der Waals surface area contributed by atoms with E-state index in [4.69, 9.17) is 0 Å². The molecule has 2 heterocycles. The van der Waals surface area contributed by atoms with E-state index in [1.54, 1.807) is 91.0 Å². The smallest absolute Gasteiger partial charge is 0.273 e. The van der Waals surface area contributed by atoms with Crippen molar-refractivity contribution in [1.29, 1.82) is 0 Å². The van der Waals surface area contributed by atoms with Gasteiger partial charge in [-0.3, -0.25) is 29.0 Å². The van der Waals surface area contributed by atoms with Crippen molar-refractivity contribution < 1.29 is 28.8 Å². The Hall–Kier alpha value is -5.90. The molecule has 2 aliphatic heterocycles. The second kappa shape index (κ2) is 14.9. The molecule has 6 rings (SSSR count). The first-order valence-corrected chi connectivity index (χ1v) is 16.4. The number of benzene rings is 4. The van der Waals surface area contributed by atoms with Crippen LogP contribution in [-0.4, -0.2) is 58.6 Å². The number of barbiturate groups is 2. The van der Waals surface area contributed by atoms with Crippen LogP contribution in [0.5, 0.6) is 0 Å². The number of para-hydroxylation sites is 2. The summed E-state index contributed by atoms with van der Waals surface area (Å²) in [6.45, 7) is 0.224. The van der Waals surface area contributed by atoms with Crippen LogP contribution in [0.15, 0.2) is 121 Å². The number of rotatable bonds is 12. The Kier molecular flexibility index (Phi) is 10.0. The van der Waals surface area contributed by atoms with Crippen molar-refractivity contribution in [2.45, 2.75) is 38.0 Å². The summed E-state index contributed by atoms with van der Waals surface area (Å²) in [5.41, 5.74) is 2.13. The lowest BCUT2D eigenvalue weighted by Gasteiger charge is -2.37. The minimum absolute atomic E-state index is 0.106. The molecule has 0 N–H and O–H groups in total. The first-order chi connectivity index (χ1) is 23.9. The van der Waals surface area contributed by atoms with E-state index >= 15 is 0 Å². The molecule has 248 valence electrons. The summed E-state index contributed by atoms with van der Waals surface area (Å²) in [7, 11) is 0. The predicted octanol–water partition coefficient (Wildman–Crippen LogP) is 6.18. The highest BCUT2D eigenvalue weighted by Gasteiger charge is 2.48. The van der Waals surface area contributed by atoms with Crippen LogP contribution in [0.1, 0.15) is 42.7 Å². The quantitative estimate of drug-likeness (QED) is 0.133. The maximum absolute atomic E-state index is 13.6. The molecule has 10 heteroatoms. The van der Waals surface area contributed by atoms with Crippen LogP contribution in [0.3, 0.4) is 0 Å². The average molecular weight is 657 g/mol. The Bertz CT molecular complexity index is 1770. The van der Waals surface area contributed by atoms with Gasteiger partial charge in [0, 0.05) is 13.1 Å². The number of unbranched alkanes of at least 4 members (excludes halogenated alkanes) is 3. The average Bonchev–Trinajstić information content (AvgIpc) is 3.12. The maximum Gasteiger partial charge on any atom is 0.338 e. The van der Waals surface area contributed by atoms with Crippen LogP contribution in [0.4, 0.5) is 21.0 Å². The largest absolute Gasteiger partial charge is 0.338 e. The zero-order chi connectivity index (χ0) is 34.3. The number of urea groups is 2. The number of carbonyl (C=O) groups excluding carboxylic acids is 6.